The minimum atomic E-state index is -3.73. The molecule has 0 aromatic heterocycles. The maximum atomic E-state index is 15.0. The van der Waals surface area contributed by atoms with Gasteiger partial charge < -0.3 is 80.6 Å². The summed E-state index contributed by atoms with van der Waals surface area (Å²) in [6, 6.07) is 45.1. The third-order valence-corrected chi connectivity index (χ3v) is 21.3. The van der Waals surface area contributed by atoms with E-state index in [2.05, 4.69) is 0 Å². The molecule has 4 fully saturated rings. The number of aliphatic hydroxyl groups is 2. The normalized spacial score (nSPS) is 27.6. The van der Waals surface area contributed by atoms with Crippen LogP contribution in [0.4, 0.5) is 0 Å². The number of carbonyl (C=O) groups is 6. The fourth-order valence-electron chi connectivity index (χ4n) is 11.8. The number of methoxy groups -OCH3 is 2. The van der Waals surface area contributed by atoms with E-state index in [0.717, 1.165) is 7.11 Å². The Morgan fingerprint density at radius 2 is 0.839 bits per heavy atom. The van der Waals surface area contributed by atoms with Gasteiger partial charge in [0.15, 0.2) is 49.2 Å². The van der Waals surface area contributed by atoms with Gasteiger partial charge in [0.25, 0.3) is 0 Å². The molecular weight excluding hydrogens is 1220 g/mol. The van der Waals surface area contributed by atoms with Crippen molar-refractivity contribution in [3.63, 3.8) is 0 Å². The molecule has 6 aromatic carbocycles. The molecule has 4 aliphatic heterocycles. The Hall–Kier alpha value is -8.40. The second-order valence-corrected chi connectivity index (χ2v) is 29.1. The lowest BCUT2D eigenvalue weighted by molar-refractivity contribution is -0.377. The molecule has 4 heterocycles. The Balaban J connectivity index is 1.15. The molecule has 0 unspecified atom stereocenters. The molecule has 0 saturated carbocycles. The Bertz CT molecular complexity index is 3480. The monoisotopic (exact) mass is 1300 g/mol. The molecule has 0 bridgehead atoms. The van der Waals surface area contributed by atoms with Gasteiger partial charge in [0, 0.05) is 10.1 Å². The molecule has 492 valence electrons. The molecule has 2 N–H and O–H groups in total. The van der Waals surface area contributed by atoms with Crippen molar-refractivity contribution in [3.05, 3.63) is 204 Å². The van der Waals surface area contributed by atoms with Crippen molar-refractivity contribution in [2.45, 2.75) is 144 Å². The Labute approximate surface area is 538 Å². The molecule has 0 radical (unpaired) electrons. The van der Waals surface area contributed by atoms with Crippen LogP contribution < -0.4 is 9.47 Å². The van der Waals surface area contributed by atoms with Gasteiger partial charge in [-0.2, -0.15) is 0 Å². The van der Waals surface area contributed by atoms with Gasteiger partial charge in [-0.25, -0.2) is 28.8 Å². The highest BCUT2D eigenvalue weighted by atomic mass is 28.4. The van der Waals surface area contributed by atoms with Crippen LogP contribution in [0.3, 0.4) is 0 Å². The Morgan fingerprint density at radius 1 is 0.462 bits per heavy atom. The maximum absolute atomic E-state index is 15.0. The lowest BCUT2D eigenvalue weighted by Gasteiger charge is -2.58. The first-order valence-corrected chi connectivity index (χ1v) is 32.0. The van der Waals surface area contributed by atoms with Crippen molar-refractivity contribution in [1.29, 1.82) is 0 Å². The summed E-state index contributed by atoms with van der Waals surface area (Å²) in [6.07, 6.45) is -27.3. The number of benzene rings is 6. The number of carbonyl (C=O) groups excluding carboxylic acids is 6. The average Bonchev–Trinajstić information content (AvgIpc) is 0.726. The highest BCUT2D eigenvalue weighted by Crippen LogP contribution is 2.56. The molecule has 15 atom stereocenters. The van der Waals surface area contributed by atoms with E-state index in [4.69, 9.17) is 70.4 Å². The highest BCUT2D eigenvalue weighted by Gasteiger charge is 2.67. The van der Waals surface area contributed by atoms with Gasteiger partial charge in [-0.1, -0.05) is 133 Å². The van der Waals surface area contributed by atoms with Gasteiger partial charge in [0.2, 0.25) is 6.29 Å². The van der Waals surface area contributed by atoms with Crippen LogP contribution in [0.5, 0.6) is 11.5 Å². The predicted molar refractivity (Wildman–Crippen MR) is 329 cm³/mol. The van der Waals surface area contributed by atoms with Gasteiger partial charge in [0.05, 0.1) is 55.3 Å². The van der Waals surface area contributed by atoms with E-state index in [1.165, 1.54) is 67.8 Å². The first-order valence-electron chi connectivity index (χ1n) is 30.2. The van der Waals surface area contributed by atoms with Crippen LogP contribution in [-0.2, 0) is 65.8 Å². The summed E-state index contributed by atoms with van der Waals surface area (Å²) < 4.78 is 97.3. The first-order chi connectivity index (χ1) is 44.6. The number of esters is 6. The first kappa shape index (κ1) is 67.5. The van der Waals surface area contributed by atoms with Gasteiger partial charge in [-0.15, -0.1) is 0 Å². The Kier molecular flexibility index (Phi) is 21.2. The zero-order valence-corrected chi connectivity index (χ0v) is 53.3. The van der Waals surface area contributed by atoms with Crippen LogP contribution in [0.15, 0.2) is 176 Å². The summed E-state index contributed by atoms with van der Waals surface area (Å²) in [7, 11) is -1.22. The number of aliphatic hydroxyl groups excluding tert-OH is 2. The van der Waals surface area contributed by atoms with Crippen molar-refractivity contribution < 1.29 is 109 Å². The molecule has 0 aliphatic carbocycles. The van der Waals surface area contributed by atoms with Crippen LogP contribution in [0.2, 0.25) is 10.1 Å². The zero-order chi connectivity index (χ0) is 66.2. The summed E-state index contributed by atoms with van der Waals surface area (Å²) in [4.78, 5) is 87.6. The van der Waals surface area contributed by atoms with E-state index < -0.39 is 153 Å². The number of fused-ring (bicyclic) bond motifs is 1. The van der Waals surface area contributed by atoms with Crippen molar-refractivity contribution in [2.24, 2.45) is 0 Å². The predicted octanol–water partition coefficient (Wildman–Crippen LogP) is 8.13. The molecule has 23 nitrogen and oxygen atoms in total. The van der Waals surface area contributed by atoms with Crippen molar-refractivity contribution in [3.8, 4) is 11.5 Å². The molecular formula is C69H74O23Si. The Morgan fingerprint density at radius 3 is 1.25 bits per heavy atom. The van der Waals surface area contributed by atoms with E-state index in [0.29, 0.717) is 5.75 Å². The van der Waals surface area contributed by atoms with E-state index in [9.17, 15) is 34.2 Å². The van der Waals surface area contributed by atoms with E-state index in [1.807, 2.05) is 41.5 Å². The van der Waals surface area contributed by atoms with Gasteiger partial charge in [-0.3, -0.25) is 0 Å². The largest absolute Gasteiger partial charge is 0.497 e. The van der Waals surface area contributed by atoms with Crippen LogP contribution in [0.1, 0.15) is 93.3 Å². The number of hydrogen-bond donors (Lipinski definition) is 2. The van der Waals surface area contributed by atoms with Crippen molar-refractivity contribution in [1.82, 2.24) is 0 Å². The van der Waals surface area contributed by atoms with Crippen LogP contribution in [0.25, 0.3) is 0 Å². The summed E-state index contributed by atoms with van der Waals surface area (Å²) in [6.45, 7) is 10.6. The third kappa shape index (κ3) is 15.0. The van der Waals surface area contributed by atoms with Crippen LogP contribution >= 0.6 is 0 Å². The van der Waals surface area contributed by atoms with E-state index >= 15 is 4.79 Å². The smallest absolute Gasteiger partial charge is 0.349 e. The lowest BCUT2D eigenvalue weighted by Crippen LogP contribution is -2.74. The molecule has 10 rings (SSSR count). The minimum Gasteiger partial charge on any atom is -0.497 e. The second kappa shape index (κ2) is 29.3. The summed E-state index contributed by atoms with van der Waals surface area (Å²) >= 11 is 0. The molecule has 93 heavy (non-hydrogen) atoms. The third-order valence-electron chi connectivity index (χ3n) is 16.2. The highest BCUT2D eigenvalue weighted by molar-refractivity contribution is 6.73. The van der Waals surface area contributed by atoms with Crippen molar-refractivity contribution in [2.75, 3.05) is 27.4 Å². The standard InChI is InChI=1S/C69H74O23Si/c1-68(2,3)93(69(4,5)6)80-39-48-50(92-93)52(90-67-58(88-63(76)44-32-22-13-23-33-44)54(85-60(73)41-26-16-10-17-27-41)53(55(91-67)64(77)79-8)84-59(72)40-24-14-9-15-25-40)57(87-62(75)43-30-20-12-21-31-43)66(83-48)89-51-49(71)47(38-70)82-65(81-46-36-34-45(78-7)35-37-46)56(51)86-61(74)42-28-18-11-19-29-42/h9-37,47-58,65-67,70-71H,38-39H2,1-8H3/t47-,48-,49+,50+,51+,52+,53+,54+,55+,56-,57-,58-,65-,66+,67-/m1/s1. The summed E-state index contributed by atoms with van der Waals surface area (Å²) in [5.74, 6) is -5.54. The summed E-state index contributed by atoms with van der Waals surface area (Å²) in [5.41, 5.74) is 0.0633. The number of hydrogen-bond acceptors (Lipinski definition) is 23. The molecule has 24 heteroatoms. The minimum absolute atomic E-state index is 0.00507. The fraction of sp³-hybridized carbons (Fsp3) is 0.391. The van der Waals surface area contributed by atoms with Gasteiger partial charge >= 0.3 is 44.4 Å². The van der Waals surface area contributed by atoms with Gasteiger partial charge in [-0.05, 0) is 84.9 Å². The second-order valence-electron chi connectivity index (χ2n) is 24.4. The average molecular weight is 1300 g/mol. The quantitative estimate of drug-likeness (QED) is 0.0439. The van der Waals surface area contributed by atoms with Crippen molar-refractivity contribution >= 4 is 44.4 Å². The maximum Gasteiger partial charge on any atom is 0.349 e. The zero-order valence-electron chi connectivity index (χ0n) is 52.3. The van der Waals surface area contributed by atoms with E-state index in [-0.39, 0.29) is 40.2 Å². The molecule has 0 spiro atoms. The van der Waals surface area contributed by atoms with Gasteiger partial charge in [0.1, 0.15) is 48.1 Å². The fourth-order valence-corrected chi connectivity index (χ4v) is 16.8. The number of rotatable bonds is 19. The molecule has 4 saturated heterocycles. The summed E-state index contributed by atoms with van der Waals surface area (Å²) in [5, 5.41) is 21.9. The molecule has 4 aliphatic rings. The van der Waals surface area contributed by atoms with Crippen LogP contribution in [-0.4, -0.2) is 174 Å². The topological polar surface area (TPSA) is 281 Å². The lowest BCUT2D eigenvalue weighted by atomic mass is 9.95. The molecule has 6 aromatic rings. The van der Waals surface area contributed by atoms with Crippen LogP contribution in [0, 0.1) is 0 Å². The SMILES string of the molecule is COC(=O)[C@H]1O[C@@H](O[C@H]2[C@H]3O[Si](C(C)(C)C)(C(C)(C)C)OC[C@H]3O[C@@H](O[C@H]3[C@@H](O)[C@@H](CO)O[C@@H](Oc4ccc(OC)cc4)[C@@H]3OC(=O)c3ccccc3)[C@@H]2OC(=O)c2ccccc2)[C@H](OC(=O)c2ccccc2)[C@@H](OC(=O)c2ccccc2)[C@@H]1OC(=O)c1ccccc1. The number of ether oxygens (including phenoxy) is 13. The molecule has 0 amide bonds. The van der Waals surface area contributed by atoms with E-state index in [1.54, 1.807) is 115 Å².